The molecule has 0 bridgehead atoms. The standard InChI is InChI=1S/C21H24N4O3S/c1-4-20(27)16-7-9-18(10-8-16)28-12-17(26)13-29-21-22-23-24-25(21)19-11-14(2)5-6-15(19)3/h5-11,17,26H,4,12-13H2,1-3H3. The maximum Gasteiger partial charge on any atom is 0.214 e. The van der Waals surface area contributed by atoms with Crippen LogP contribution in [0.4, 0.5) is 0 Å². The first-order valence-electron chi connectivity index (χ1n) is 9.41. The molecule has 1 N–H and O–H groups in total. The van der Waals surface area contributed by atoms with Gasteiger partial charge in [0, 0.05) is 17.7 Å². The summed E-state index contributed by atoms with van der Waals surface area (Å²) < 4.78 is 7.31. The predicted molar refractivity (Wildman–Crippen MR) is 112 cm³/mol. The Morgan fingerprint density at radius 2 is 1.97 bits per heavy atom. The summed E-state index contributed by atoms with van der Waals surface area (Å²) in [4.78, 5) is 11.7. The fourth-order valence-corrected chi connectivity index (χ4v) is 3.51. The van der Waals surface area contributed by atoms with Gasteiger partial charge in [-0.25, -0.2) is 0 Å². The highest BCUT2D eigenvalue weighted by atomic mass is 32.2. The van der Waals surface area contributed by atoms with Crippen LogP contribution < -0.4 is 4.74 Å². The number of aliphatic hydroxyl groups is 1. The van der Waals surface area contributed by atoms with Crippen molar-refractivity contribution in [3.05, 3.63) is 59.2 Å². The van der Waals surface area contributed by atoms with E-state index in [0.717, 1.165) is 16.8 Å². The number of aliphatic hydroxyl groups excluding tert-OH is 1. The highest BCUT2D eigenvalue weighted by molar-refractivity contribution is 7.99. The highest BCUT2D eigenvalue weighted by Crippen LogP contribution is 2.22. The minimum atomic E-state index is -0.694. The summed E-state index contributed by atoms with van der Waals surface area (Å²) in [5, 5.41) is 22.8. The molecule has 3 aromatic rings. The number of tetrazole rings is 1. The Labute approximate surface area is 174 Å². The van der Waals surface area contributed by atoms with Gasteiger partial charge < -0.3 is 9.84 Å². The van der Waals surface area contributed by atoms with Crippen LogP contribution in [0.5, 0.6) is 5.75 Å². The molecule has 1 heterocycles. The van der Waals surface area contributed by atoms with Crippen LogP contribution in [0.15, 0.2) is 47.6 Å². The summed E-state index contributed by atoms with van der Waals surface area (Å²) in [6.45, 7) is 6.00. The second-order valence-electron chi connectivity index (χ2n) is 6.74. The Morgan fingerprint density at radius 3 is 2.69 bits per heavy atom. The summed E-state index contributed by atoms with van der Waals surface area (Å²) >= 11 is 1.37. The molecule has 8 heteroatoms. The number of Topliss-reactive ketones (excluding diaryl/α,β-unsaturated/α-hetero) is 1. The Hall–Kier alpha value is -2.71. The number of hydrogen-bond donors (Lipinski definition) is 1. The largest absolute Gasteiger partial charge is 0.491 e. The van der Waals surface area contributed by atoms with Crippen molar-refractivity contribution < 1.29 is 14.6 Å². The molecule has 0 aliphatic carbocycles. The molecule has 29 heavy (non-hydrogen) atoms. The van der Waals surface area contributed by atoms with Gasteiger partial charge in [-0.05, 0) is 65.7 Å². The van der Waals surface area contributed by atoms with Crippen molar-refractivity contribution in [2.75, 3.05) is 12.4 Å². The summed E-state index contributed by atoms with van der Waals surface area (Å²) in [6, 6.07) is 13.1. The van der Waals surface area contributed by atoms with Crippen LogP contribution in [-0.2, 0) is 0 Å². The number of ether oxygens (including phenoxy) is 1. The second-order valence-corrected chi connectivity index (χ2v) is 7.73. The normalized spacial score (nSPS) is 12.0. The maximum atomic E-state index is 11.7. The third kappa shape index (κ3) is 5.42. The number of benzene rings is 2. The number of ketones is 1. The molecule has 0 radical (unpaired) electrons. The van der Waals surface area contributed by atoms with Gasteiger partial charge in [0.2, 0.25) is 5.16 Å². The molecule has 0 saturated heterocycles. The molecule has 1 unspecified atom stereocenters. The van der Waals surface area contributed by atoms with E-state index in [1.165, 1.54) is 11.8 Å². The lowest BCUT2D eigenvalue weighted by molar-refractivity contribution is 0.0987. The van der Waals surface area contributed by atoms with Crippen molar-refractivity contribution >= 4 is 17.5 Å². The number of aryl methyl sites for hydroxylation is 2. The number of aromatic nitrogens is 4. The molecule has 152 valence electrons. The number of carbonyl (C=O) groups is 1. The first-order chi connectivity index (χ1) is 14.0. The van der Waals surface area contributed by atoms with Gasteiger partial charge in [0.1, 0.15) is 12.4 Å². The molecule has 0 aliphatic heterocycles. The van der Waals surface area contributed by atoms with E-state index in [1.807, 2.05) is 39.0 Å². The van der Waals surface area contributed by atoms with Crippen molar-refractivity contribution in [2.24, 2.45) is 0 Å². The van der Waals surface area contributed by atoms with Crippen LogP contribution in [0.3, 0.4) is 0 Å². The van der Waals surface area contributed by atoms with Gasteiger partial charge >= 0.3 is 0 Å². The van der Waals surface area contributed by atoms with Gasteiger partial charge in [-0.15, -0.1) is 5.10 Å². The zero-order valence-corrected chi connectivity index (χ0v) is 17.5. The Bertz CT molecular complexity index is 972. The van der Waals surface area contributed by atoms with Gasteiger partial charge in [-0.2, -0.15) is 4.68 Å². The van der Waals surface area contributed by atoms with Crippen LogP contribution in [0.25, 0.3) is 5.69 Å². The summed E-state index contributed by atoms with van der Waals surface area (Å²) in [7, 11) is 0. The van der Waals surface area contributed by atoms with E-state index in [2.05, 4.69) is 15.5 Å². The van der Waals surface area contributed by atoms with Gasteiger partial charge in [0.05, 0.1) is 11.8 Å². The summed E-state index contributed by atoms with van der Waals surface area (Å²) in [6.07, 6.45) is -0.224. The van der Waals surface area contributed by atoms with Crippen LogP contribution in [-0.4, -0.2) is 49.6 Å². The number of carbonyl (C=O) groups excluding carboxylic acids is 1. The van der Waals surface area contributed by atoms with Crippen molar-refractivity contribution in [3.63, 3.8) is 0 Å². The number of hydrogen-bond acceptors (Lipinski definition) is 7. The van der Waals surface area contributed by atoms with E-state index in [9.17, 15) is 9.90 Å². The van der Waals surface area contributed by atoms with Crippen LogP contribution in [0, 0.1) is 13.8 Å². The van der Waals surface area contributed by atoms with Gasteiger partial charge in [0.15, 0.2) is 5.78 Å². The SMILES string of the molecule is CCC(=O)c1ccc(OCC(O)CSc2nnnn2-c2cc(C)ccc2C)cc1. The monoisotopic (exact) mass is 412 g/mol. The first-order valence-corrected chi connectivity index (χ1v) is 10.4. The minimum Gasteiger partial charge on any atom is -0.491 e. The molecule has 0 saturated carbocycles. The minimum absolute atomic E-state index is 0.0922. The van der Waals surface area contributed by atoms with Crippen molar-refractivity contribution in [1.29, 1.82) is 0 Å². The lowest BCUT2D eigenvalue weighted by Gasteiger charge is -2.13. The predicted octanol–water partition coefficient (Wildman–Crippen LogP) is 3.40. The lowest BCUT2D eigenvalue weighted by atomic mass is 10.1. The van der Waals surface area contributed by atoms with Crippen LogP contribution in [0.1, 0.15) is 34.8 Å². The molecule has 2 aromatic carbocycles. The van der Waals surface area contributed by atoms with Gasteiger partial charge in [0.25, 0.3) is 0 Å². The molecule has 1 aromatic heterocycles. The van der Waals surface area contributed by atoms with Gasteiger partial charge in [-0.1, -0.05) is 30.8 Å². The average molecular weight is 413 g/mol. The number of thioether (sulfide) groups is 1. The second kappa shape index (κ2) is 9.67. The first kappa shape index (κ1) is 21.0. The van der Waals surface area contributed by atoms with E-state index < -0.39 is 6.10 Å². The van der Waals surface area contributed by atoms with Gasteiger partial charge in [-0.3, -0.25) is 4.79 Å². The molecular formula is C21H24N4O3S. The van der Waals surface area contributed by atoms with Crippen LogP contribution >= 0.6 is 11.8 Å². The Kier molecular flexibility index (Phi) is 7.00. The smallest absolute Gasteiger partial charge is 0.214 e. The van der Waals surface area contributed by atoms with E-state index in [4.69, 9.17) is 4.74 Å². The molecule has 0 aliphatic rings. The van der Waals surface area contributed by atoms with E-state index in [0.29, 0.717) is 28.6 Å². The molecule has 7 nitrogen and oxygen atoms in total. The van der Waals surface area contributed by atoms with E-state index in [1.54, 1.807) is 28.9 Å². The number of nitrogens with zero attached hydrogens (tertiary/aromatic N) is 4. The van der Waals surface area contributed by atoms with E-state index >= 15 is 0 Å². The molecule has 0 amide bonds. The fraction of sp³-hybridized carbons (Fsp3) is 0.333. The van der Waals surface area contributed by atoms with Crippen molar-refractivity contribution in [3.8, 4) is 11.4 Å². The summed E-state index contributed by atoms with van der Waals surface area (Å²) in [5.41, 5.74) is 3.77. The highest BCUT2D eigenvalue weighted by Gasteiger charge is 2.14. The van der Waals surface area contributed by atoms with Crippen LogP contribution in [0.2, 0.25) is 0 Å². The fourth-order valence-electron chi connectivity index (χ4n) is 2.72. The molecule has 0 spiro atoms. The Balaban J connectivity index is 1.55. The quantitative estimate of drug-likeness (QED) is 0.425. The molecular weight excluding hydrogens is 388 g/mol. The zero-order valence-electron chi connectivity index (χ0n) is 16.7. The third-order valence-electron chi connectivity index (χ3n) is 4.38. The third-order valence-corrected chi connectivity index (χ3v) is 5.44. The molecule has 1 atom stereocenters. The maximum absolute atomic E-state index is 11.7. The Morgan fingerprint density at radius 1 is 1.21 bits per heavy atom. The van der Waals surface area contributed by atoms with Crippen molar-refractivity contribution in [2.45, 2.75) is 38.5 Å². The molecule has 3 rings (SSSR count). The summed E-state index contributed by atoms with van der Waals surface area (Å²) in [5.74, 6) is 1.09. The lowest BCUT2D eigenvalue weighted by Crippen LogP contribution is -2.20. The topological polar surface area (TPSA) is 90.1 Å². The average Bonchev–Trinajstić information content (AvgIpc) is 3.20. The molecule has 0 fully saturated rings. The number of rotatable bonds is 9. The zero-order chi connectivity index (χ0) is 20.8. The van der Waals surface area contributed by atoms with E-state index in [-0.39, 0.29) is 12.4 Å². The van der Waals surface area contributed by atoms with Crippen molar-refractivity contribution in [1.82, 2.24) is 20.2 Å².